The number of unbranched alkanes of at least 4 members (excludes halogenated alkanes) is 1. The zero-order valence-corrected chi connectivity index (χ0v) is 11.4. The van der Waals surface area contributed by atoms with Crippen molar-refractivity contribution in [1.82, 2.24) is 4.98 Å². The van der Waals surface area contributed by atoms with E-state index in [1.807, 2.05) is 6.07 Å². The lowest BCUT2D eigenvalue weighted by Crippen LogP contribution is -2.13. The number of nitrogens with zero attached hydrogens (tertiary/aromatic N) is 1. The first-order valence-electron chi connectivity index (χ1n) is 6.71. The van der Waals surface area contributed by atoms with E-state index in [2.05, 4.69) is 17.2 Å². The summed E-state index contributed by atoms with van der Waals surface area (Å²) in [6.07, 6.45) is 4.95. The van der Waals surface area contributed by atoms with Crippen molar-refractivity contribution in [3.05, 3.63) is 59.7 Å². The lowest BCUT2D eigenvalue weighted by Gasteiger charge is -2.05. The summed E-state index contributed by atoms with van der Waals surface area (Å²) in [5, 5.41) is 2.68. The molecule has 0 radical (unpaired) electrons. The maximum atomic E-state index is 12.8. The molecule has 1 amide bonds. The number of carbonyl (C=O) groups is 1. The second kappa shape index (κ2) is 6.80. The Balaban J connectivity index is 2.00. The molecule has 0 saturated carbocycles. The Morgan fingerprint density at radius 2 is 1.95 bits per heavy atom. The molecule has 2 aromatic rings. The number of benzene rings is 1. The molecule has 0 aliphatic rings. The minimum absolute atomic E-state index is 0.293. The van der Waals surface area contributed by atoms with Crippen LogP contribution in [0.4, 0.5) is 10.1 Å². The zero-order chi connectivity index (χ0) is 14.4. The van der Waals surface area contributed by atoms with Gasteiger partial charge < -0.3 is 5.32 Å². The third-order valence-corrected chi connectivity index (χ3v) is 2.98. The predicted octanol–water partition coefficient (Wildman–Crippen LogP) is 3.82. The van der Waals surface area contributed by atoms with Crippen molar-refractivity contribution in [3.63, 3.8) is 0 Å². The Morgan fingerprint density at radius 3 is 2.55 bits per heavy atom. The van der Waals surface area contributed by atoms with Gasteiger partial charge in [0, 0.05) is 11.9 Å². The smallest absolute Gasteiger partial charge is 0.274 e. The molecule has 20 heavy (non-hydrogen) atoms. The summed E-state index contributed by atoms with van der Waals surface area (Å²) in [4.78, 5) is 16.1. The van der Waals surface area contributed by atoms with Gasteiger partial charge >= 0.3 is 0 Å². The van der Waals surface area contributed by atoms with E-state index in [9.17, 15) is 9.18 Å². The fourth-order valence-electron chi connectivity index (χ4n) is 1.82. The third kappa shape index (κ3) is 3.88. The molecule has 104 valence electrons. The lowest BCUT2D eigenvalue weighted by molar-refractivity contribution is 0.102. The third-order valence-electron chi connectivity index (χ3n) is 2.98. The van der Waals surface area contributed by atoms with Gasteiger partial charge in [0.1, 0.15) is 11.5 Å². The molecule has 1 heterocycles. The molecular formula is C16H17FN2O. The van der Waals surface area contributed by atoms with Crippen LogP contribution in [0.2, 0.25) is 0 Å². The summed E-state index contributed by atoms with van der Waals surface area (Å²) >= 11 is 0. The van der Waals surface area contributed by atoms with Crippen molar-refractivity contribution < 1.29 is 9.18 Å². The second-order valence-electron chi connectivity index (χ2n) is 4.62. The van der Waals surface area contributed by atoms with Crippen molar-refractivity contribution in [2.45, 2.75) is 26.2 Å². The molecule has 0 fully saturated rings. The van der Waals surface area contributed by atoms with E-state index in [4.69, 9.17) is 0 Å². The van der Waals surface area contributed by atoms with Crippen LogP contribution in [0, 0.1) is 5.82 Å². The standard InChI is InChI=1S/C16H17FN2O/c1-2-3-4-12-5-10-15(18-11-12)16(20)19-14-8-6-13(17)7-9-14/h5-11H,2-4H2,1H3,(H,19,20). The van der Waals surface area contributed by atoms with Crippen LogP contribution in [-0.4, -0.2) is 10.9 Å². The van der Waals surface area contributed by atoms with E-state index in [1.165, 1.54) is 24.3 Å². The molecule has 0 aliphatic carbocycles. The molecule has 1 N–H and O–H groups in total. The first-order valence-corrected chi connectivity index (χ1v) is 6.71. The molecule has 0 atom stereocenters. The van der Waals surface area contributed by atoms with Crippen molar-refractivity contribution in [2.75, 3.05) is 5.32 Å². The van der Waals surface area contributed by atoms with E-state index in [1.54, 1.807) is 12.3 Å². The predicted molar refractivity (Wildman–Crippen MR) is 77.2 cm³/mol. The zero-order valence-electron chi connectivity index (χ0n) is 11.4. The Bertz CT molecular complexity index is 564. The van der Waals surface area contributed by atoms with Crippen molar-refractivity contribution in [3.8, 4) is 0 Å². The summed E-state index contributed by atoms with van der Waals surface area (Å²) in [6.45, 7) is 2.14. The molecule has 0 spiro atoms. The number of amides is 1. The first-order chi connectivity index (χ1) is 9.69. The number of anilines is 1. The minimum Gasteiger partial charge on any atom is -0.321 e. The normalized spacial score (nSPS) is 10.3. The van der Waals surface area contributed by atoms with Crippen LogP contribution < -0.4 is 5.32 Å². The minimum atomic E-state index is -0.332. The number of aryl methyl sites for hydroxylation is 1. The van der Waals surface area contributed by atoms with E-state index in [0.29, 0.717) is 11.4 Å². The van der Waals surface area contributed by atoms with Crippen LogP contribution in [0.15, 0.2) is 42.6 Å². The first kappa shape index (κ1) is 14.2. The summed E-state index contributed by atoms with van der Waals surface area (Å²) < 4.78 is 12.8. The van der Waals surface area contributed by atoms with Gasteiger partial charge in [-0.15, -0.1) is 0 Å². The molecular weight excluding hydrogens is 255 g/mol. The molecule has 0 bridgehead atoms. The van der Waals surface area contributed by atoms with Crippen LogP contribution in [0.3, 0.4) is 0 Å². The Morgan fingerprint density at radius 1 is 1.20 bits per heavy atom. The fourth-order valence-corrected chi connectivity index (χ4v) is 1.82. The summed E-state index contributed by atoms with van der Waals surface area (Å²) in [5.41, 5.74) is 2.04. The van der Waals surface area contributed by atoms with Gasteiger partial charge in [-0.25, -0.2) is 4.39 Å². The van der Waals surface area contributed by atoms with Crippen LogP contribution in [0.1, 0.15) is 35.8 Å². The summed E-state index contributed by atoms with van der Waals surface area (Å²) in [6, 6.07) is 9.27. The van der Waals surface area contributed by atoms with Gasteiger partial charge in [-0.05, 0) is 48.7 Å². The lowest BCUT2D eigenvalue weighted by atomic mass is 10.1. The van der Waals surface area contributed by atoms with Gasteiger partial charge in [0.2, 0.25) is 0 Å². The highest BCUT2D eigenvalue weighted by Crippen LogP contribution is 2.10. The number of halogens is 1. The average molecular weight is 272 g/mol. The molecule has 4 heteroatoms. The molecule has 1 aromatic carbocycles. The molecule has 0 saturated heterocycles. The van der Waals surface area contributed by atoms with Gasteiger partial charge in [-0.2, -0.15) is 0 Å². The van der Waals surface area contributed by atoms with Crippen LogP contribution in [0.5, 0.6) is 0 Å². The Kier molecular flexibility index (Phi) is 4.82. The molecule has 3 nitrogen and oxygen atoms in total. The van der Waals surface area contributed by atoms with Crippen molar-refractivity contribution in [1.29, 1.82) is 0 Å². The highest BCUT2D eigenvalue weighted by atomic mass is 19.1. The number of pyridine rings is 1. The van der Waals surface area contributed by atoms with Gasteiger partial charge in [-0.3, -0.25) is 9.78 Å². The van der Waals surface area contributed by atoms with E-state index in [-0.39, 0.29) is 11.7 Å². The fraction of sp³-hybridized carbons (Fsp3) is 0.250. The van der Waals surface area contributed by atoms with Crippen molar-refractivity contribution >= 4 is 11.6 Å². The van der Waals surface area contributed by atoms with E-state index >= 15 is 0 Å². The monoisotopic (exact) mass is 272 g/mol. The summed E-state index contributed by atoms with van der Waals surface area (Å²) in [7, 11) is 0. The topological polar surface area (TPSA) is 42.0 Å². The number of nitrogens with one attached hydrogen (secondary N) is 1. The van der Waals surface area contributed by atoms with Crippen LogP contribution in [-0.2, 0) is 6.42 Å². The van der Waals surface area contributed by atoms with Gasteiger partial charge in [0.05, 0.1) is 0 Å². The van der Waals surface area contributed by atoms with Gasteiger partial charge in [-0.1, -0.05) is 19.4 Å². The molecule has 0 aliphatic heterocycles. The number of rotatable bonds is 5. The molecule has 2 rings (SSSR count). The van der Waals surface area contributed by atoms with Gasteiger partial charge in [0.15, 0.2) is 0 Å². The highest BCUT2D eigenvalue weighted by molar-refractivity contribution is 6.02. The molecule has 1 aromatic heterocycles. The number of hydrogen-bond donors (Lipinski definition) is 1. The Hall–Kier alpha value is -2.23. The number of hydrogen-bond acceptors (Lipinski definition) is 2. The number of carbonyl (C=O) groups excluding carboxylic acids is 1. The van der Waals surface area contributed by atoms with Gasteiger partial charge in [0.25, 0.3) is 5.91 Å². The largest absolute Gasteiger partial charge is 0.321 e. The highest BCUT2D eigenvalue weighted by Gasteiger charge is 2.07. The number of aromatic nitrogens is 1. The molecule has 0 unspecified atom stereocenters. The maximum absolute atomic E-state index is 12.8. The summed E-state index contributed by atoms with van der Waals surface area (Å²) in [5.74, 6) is -0.625. The maximum Gasteiger partial charge on any atom is 0.274 e. The van der Waals surface area contributed by atoms with Crippen LogP contribution >= 0.6 is 0 Å². The van der Waals surface area contributed by atoms with E-state index < -0.39 is 0 Å². The quantitative estimate of drug-likeness (QED) is 0.899. The van der Waals surface area contributed by atoms with Crippen LogP contribution in [0.25, 0.3) is 0 Å². The Labute approximate surface area is 117 Å². The SMILES string of the molecule is CCCCc1ccc(C(=O)Nc2ccc(F)cc2)nc1. The van der Waals surface area contributed by atoms with Crippen molar-refractivity contribution in [2.24, 2.45) is 0 Å². The van der Waals surface area contributed by atoms with E-state index in [0.717, 1.165) is 24.8 Å². The second-order valence-corrected chi connectivity index (χ2v) is 4.62. The average Bonchev–Trinajstić information content (AvgIpc) is 2.48.